The molecule has 0 aliphatic carbocycles. The summed E-state index contributed by atoms with van der Waals surface area (Å²) < 4.78 is 6.49. The molecule has 0 unspecified atom stereocenters. The minimum absolute atomic E-state index is 0.0875. The molecule has 0 rings (SSSR count). The van der Waals surface area contributed by atoms with Gasteiger partial charge in [0.25, 0.3) is 0 Å². The Balaban J connectivity index is 4.96. The van der Waals surface area contributed by atoms with Gasteiger partial charge in [0.2, 0.25) is 0 Å². The fourth-order valence-corrected chi connectivity index (χ4v) is 5.38. The van der Waals surface area contributed by atoms with E-state index in [1.165, 1.54) is 141 Å². The minimum Gasteiger partial charge on any atom is -0.459 e. The fraction of sp³-hybridized carbons (Fsp3) is 0.970. The van der Waals surface area contributed by atoms with Crippen molar-refractivity contribution in [3.05, 3.63) is 0 Å². The van der Waals surface area contributed by atoms with Crippen LogP contribution in [-0.2, 0) is 9.53 Å². The van der Waals surface area contributed by atoms with Gasteiger partial charge in [0, 0.05) is 6.42 Å². The average Bonchev–Trinajstić information content (AvgIpc) is 2.85. The molecule has 0 heterocycles. The Morgan fingerprint density at radius 3 is 1.06 bits per heavy atom. The van der Waals surface area contributed by atoms with Gasteiger partial charge in [0.15, 0.2) is 0 Å². The second-order valence-corrected chi connectivity index (χ2v) is 11.4. The molecule has 0 spiro atoms. The van der Waals surface area contributed by atoms with Crippen LogP contribution in [0.1, 0.15) is 201 Å². The second-order valence-electron chi connectivity index (χ2n) is 11.4. The zero-order valence-electron chi connectivity index (χ0n) is 24.9. The summed E-state index contributed by atoms with van der Waals surface area (Å²) in [5.74, 6) is 0.0875. The molecule has 0 atom stereocenters. The van der Waals surface area contributed by atoms with Crippen LogP contribution in [0.3, 0.4) is 0 Å². The number of hydrogen-bond acceptors (Lipinski definition) is 2. The van der Waals surface area contributed by atoms with E-state index in [-0.39, 0.29) is 11.6 Å². The third-order valence-corrected chi connectivity index (χ3v) is 7.77. The maximum atomic E-state index is 13.0. The molecule has 0 aromatic heterocycles. The molecule has 0 radical (unpaired) electrons. The van der Waals surface area contributed by atoms with Crippen molar-refractivity contribution in [2.45, 2.75) is 207 Å². The molecule has 0 saturated carbocycles. The Morgan fingerprint density at radius 1 is 0.429 bits per heavy atom. The Morgan fingerprint density at radius 2 is 0.714 bits per heavy atom. The molecule has 0 fully saturated rings. The van der Waals surface area contributed by atoms with E-state index in [4.69, 9.17) is 4.74 Å². The quantitative estimate of drug-likeness (QED) is 0.0798. The normalized spacial score (nSPS) is 11.8. The van der Waals surface area contributed by atoms with E-state index in [1.54, 1.807) is 0 Å². The van der Waals surface area contributed by atoms with Gasteiger partial charge in [-0.05, 0) is 44.9 Å². The predicted molar refractivity (Wildman–Crippen MR) is 156 cm³/mol. The molecular formula is C33H66O2. The minimum atomic E-state index is -0.194. The molecule has 2 nitrogen and oxygen atoms in total. The van der Waals surface area contributed by atoms with Crippen LogP contribution in [0.15, 0.2) is 0 Å². The highest BCUT2D eigenvalue weighted by atomic mass is 16.6. The summed E-state index contributed by atoms with van der Waals surface area (Å²) in [7, 11) is 0. The van der Waals surface area contributed by atoms with E-state index in [2.05, 4.69) is 27.7 Å². The topological polar surface area (TPSA) is 26.3 Å². The first kappa shape index (κ1) is 34.5. The maximum absolute atomic E-state index is 13.0. The molecule has 0 amide bonds. The number of hydrogen-bond donors (Lipinski definition) is 0. The van der Waals surface area contributed by atoms with E-state index in [1.807, 2.05) is 0 Å². The highest BCUT2D eigenvalue weighted by Gasteiger charge is 2.32. The molecule has 0 N–H and O–H groups in total. The summed E-state index contributed by atoms with van der Waals surface area (Å²) in [6.07, 6.45) is 33.4. The standard InChI is InChI=1S/C33H66O2/c1-5-9-13-17-21-25-29-33(30-26-22-18-14-10-6-2,31-27-23-19-15-11-7-3)35-32(34)28-24-20-16-12-8-4/h5-31H2,1-4H3. The van der Waals surface area contributed by atoms with Gasteiger partial charge in [0.1, 0.15) is 5.60 Å². The molecule has 0 aliphatic rings. The predicted octanol–water partition coefficient (Wildman–Crippen LogP) is 11.9. The molecular weight excluding hydrogens is 428 g/mol. The molecule has 0 bridgehead atoms. The lowest BCUT2D eigenvalue weighted by atomic mass is 9.84. The van der Waals surface area contributed by atoms with Crippen molar-refractivity contribution < 1.29 is 9.53 Å². The third-order valence-electron chi connectivity index (χ3n) is 7.77. The molecule has 0 aromatic carbocycles. The monoisotopic (exact) mass is 495 g/mol. The first-order valence-electron chi connectivity index (χ1n) is 16.4. The van der Waals surface area contributed by atoms with Gasteiger partial charge < -0.3 is 4.74 Å². The van der Waals surface area contributed by atoms with E-state index in [0.717, 1.165) is 25.7 Å². The van der Waals surface area contributed by atoms with Crippen LogP contribution < -0.4 is 0 Å². The van der Waals surface area contributed by atoms with Crippen molar-refractivity contribution in [3.63, 3.8) is 0 Å². The zero-order chi connectivity index (χ0) is 25.9. The summed E-state index contributed by atoms with van der Waals surface area (Å²) in [5, 5.41) is 0. The van der Waals surface area contributed by atoms with Gasteiger partial charge >= 0.3 is 5.97 Å². The van der Waals surface area contributed by atoms with Crippen molar-refractivity contribution in [1.29, 1.82) is 0 Å². The molecule has 210 valence electrons. The van der Waals surface area contributed by atoms with Crippen LogP contribution >= 0.6 is 0 Å². The smallest absolute Gasteiger partial charge is 0.306 e. The summed E-state index contributed by atoms with van der Waals surface area (Å²) in [5.41, 5.74) is -0.194. The lowest BCUT2D eigenvalue weighted by Crippen LogP contribution is -2.35. The van der Waals surface area contributed by atoms with Crippen molar-refractivity contribution >= 4 is 5.97 Å². The van der Waals surface area contributed by atoms with E-state index in [0.29, 0.717) is 6.42 Å². The number of esters is 1. The van der Waals surface area contributed by atoms with Gasteiger partial charge in [-0.2, -0.15) is 0 Å². The summed E-state index contributed by atoms with van der Waals surface area (Å²) in [6, 6.07) is 0. The molecule has 35 heavy (non-hydrogen) atoms. The summed E-state index contributed by atoms with van der Waals surface area (Å²) in [6.45, 7) is 9.10. The van der Waals surface area contributed by atoms with E-state index >= 15 is 0 Å². The largest absolute Gasteiger partial charge is 0.459 e. The van der Waals surface area contributed by atoms with Crippen molar-refractivity contribution in [2.24, 2.45) is 0 Å². The highest BCUT2D eigenvalue weighted by molar-refractivity contribution is 5.69. The molecule has 0 aliphatic heterocycles. The van der Waals surface area contributed by atoms with Crippen LogP contribution in [0.2, 0.25) is 0 Å². The zero-order valence-corrected chi connectivity index (χ0v) is 24.9. The molecule has 2 heteroatoms. The van der Waals surface area contributed by atoms with Crippen LogP contribution in [0.25, 0.3) is 0 Å². The highest BCUT2D eigenvalue weighted by Crippen LogP contribution is 2.34. The number of carbonyl (C=O) groups is 1. The van der Waals surface area contributed by atoms with Gasteiger partial charge in [-0.25, -0.2) is 0 Å². The first-order valence-corrected chi connectivity index (χ1v) is 16.4. The number of unbranched alkanes of at least 4 members (excludes halogenated alkanes) is 19. The second kappa shape index (κ2) is 26.5. The first-order chi connectivity index (χ1) is 17.1. The van der Waals surface area contributed by atoms with Gasteiger partial charge in [0.05, 0.1) is 0 Å². The SMILES string of the molecule is CCCCCCCCC(CCCCCCCC)(CCCCCCCC)OC(=O)CCCCCCC. The third kappa shape index (κ3) is 22.4. The fourth-order valence-electron chi connectivity index (χ4n) is 5.38. The molecule has 0 saturated heterocycles. The van der Waals surface area contributed by atoms with Crippen LogP contribution in [-0.4, -0.2) is 11.6 Å². The van der Waals surface area contributed by atoms with Gasteiger partial charge in [-0.1, -0.05) is 150 Å². The van der Waals surface area contributed by atoms with E-state index < -0.39 is 0 Å². The van der Waals surface area contributed by atoms with Gasteiger partial charge in [-0.15, -0.1) is 0 Å². The summed E-state index contributed by atoms with van der Waals surface area (Å²) in [4.78, 5) is 13.0. The maximum Gasteiger partial charge on any atom is 0.306 e. The van der Waals surface area contributed by atoms with E-state index in [9.17, 15) is 4.79 Å². The Bertz CT molecular complexity index is 390. The van der Waals surface area contributed by atoms with Gasteiger partial charge in [-0.3, -0.25) is 4.79 Å². The van der Waals surface area contributed by atoms with Crippen LogP contribution in [0.5, 0.6) is 0 Å². The van der Waals surface area contributed by atoms with Crippen molar-refractivity contribution in [2.75, 3.05) is 0 Å². The Labute approximate surface area is 222 Å². The van der Waals surface area contributed by atoms with Crippen LogP contribution in [0, 0.1) is 0 Å². The lowest BCUT2D eigenvalue weighted by Gasteiger charge is -2.34. The summed E-state index contributed by atoms with van der Waals surface area (Å²) >= 11 is 0. The Hall–Kier alpha value is -0.530. The lowest BCUT2D eigenvalue weighted by molar-refractivity contribution is -0.163. The van der Waals surface area contributed by atoms with Crippen LogP contribution in [0.4, 0.5) is 0 Å². The molecule has 0 aromatic rings. The van der Waals surface area contributed by atoms with Crippen molar-refractivity contribution in [3.8, 4) is 0 Å². The number of ether oxygens (including phenoxy) is 1. The average molecular weight is 495 g/mol. The Kier molecular flexibility index (Phi) is 26.1. The van der Waals surface area contributed by atoms with Crippen molar-refractivity contribution in [1.82, 2.24) is 0 Å². The number of rotatable bonds is 28. The number of carbonyl (C=O) groups excluding carboxylic acids is 1.